The number of carbonyl (C=O) groups excluding carboxylic acids is 1. The van der Waals surface area contributed by atoms with E-state index in [4.69, 9.17) is 11.6 Å². The number of β-amino-alcohol motifs (C(OH)–C–C–N with tert-alkyl or cyclic N) is 1. The number of anilines is 1. The number of pyridine rings is 1. The summed E-state index contributed by atoms with van der Waals surface area (Å²) < 4.78 is 0. The van der Waals surface area contributed by atoms with Gasteiger partial charge in [0.1, 0.15) is 0 Å². The lowest BCUT2D eigenvalue weighted by Crippen LogP contribution is -2.50. The lowest BCUT2D eigenvalue weighted by Gasteiger charge is -2.37. The van der Waals surface area contributed by atoms with Crippen molar-refractivity contribution in [2.24, 2.45) is 0 Å². The third-order valence-corrected chi connectivity index (χ3v) is 4.83. The van der Waals surface area contributed by atoms with Gasteiger partial charge in [0.15, 0.2) is 0 Å². The predicted octanol–water partition coefficient (Wildman–Crippen LogP) is 0.840. The molecule has 0 spiro atoms. The fraction of sp³-hybridized carbons (Fsp3) is 0.625. The van der Waals surface area contributed by atoms with Gasteiger partial charge in [0.05, 0.1) is 16.8 Å². The molecule has 0 saturated carbocycles. The van der Waals surface area contributed by atoms with E-state index in [1.54, 1.807) is 17.3 Å². The Hall–Kier alpha value is -1.37. The Bertz CT molecular complexity index is 549. The fourth-order valence-corrected chi connectivity index (χ4v) is 3.54. The van der Waals surface area contributed by atoms with Crippen LogP contribution in [0.3, 0.4) is 0 Å². The average molecular weight is 339 g/mol. The van der Waals surface area contributed by atoms with Gasteiger partial charge in [0, 0.05) is 64.6 Å². The van der Waals surface area contributed by atoms with E-state index in [2.05, 4.69) is 14.8 Å². The summed E-state index contributed by atoms with van der Waals surface area (Å²) in [6.45, 7) is 5.35. The van der Waals surface area contributed by atoms with Gasteiger partial charge in [-0.25, -0.2) is 0 Å². The van der Waals surface area contributed by atoms with Crippen molar-refractivity contribution in [3.05, 3.63) is 23.5 Å². The molecule has 6 nitrogen and oxygen atoms in total. The first kappa shape index (κ1) is 16.5. The van der Waals surface area contributed by atoms with E-state index in [-0.39, 0.29) is 5.91 Å². The maximum absolute atomic E-state index is 11.6. The Morgan fingerprint density at radius 1 is 1.22 bits per heavy atom. The minimum atomic E-state index is -0.479. The molecular formula is C16H23ClN4O2. The fourth-order valence-electron chi connectivity index (χ4n) is 3.30. The number of rotatable bonds is 5. The molecule has 3 heterocycles. The maximum atomic E-state index is 11.6. The van der Waals surface area contributed by atoms with Crippen molar-refractivity contribution in [2.75, 3.05) is 50.7 Å². The molecule has 23 heavy (non-hydrogen) atoms. The van der Waals surface area contributed by atoms with Crippen LogP contribution in [0.25, 0.3) is 0 Å². The average Bonchev–Trinajstić information content (AvgIpc) is 2.94. The topological polar surface area (TPSA) is 59.9 Å². The zero-order chi connectivity index (χ0) is 16.2. The molecule has 0 radical (unpaired) electrons. The van der Waals surface area contributed by atoms with Crippen LogP contribution in [-0.4, -0.2) is 77.7 Å². The predicted molar refractivity (Wildman–Crippen MR) is 89.7 cm³/mol. The van der Waals surface area contributed by atoms with Crippen LogP contribution in [0, 0.1) is 0 Å². The molecule has 7 heteroatoms. The van der Waals surface area contributed by atoms with Gasteiger partial charge in [-0.15, -0.1) is 0 Å². The monoisotopic (exact) mass is 338 g/mol. The van der Waals surface area contributed by atoms with Crippen LogP contribution >= 0.6 is 11.6 Å². The first-order chi connectivity index (χ1) is 11.1. The van der Waals surface area contributed by atoms with Crippen molar-refractivity contribution >= 4 is 23.2 Å². The van der Waals surface area contributed by atoms with Crippen LogP contribution in [0.15, 0.2) is 18.5 Å². The SMILES string of the molecule is O=C1CCCN1CC(O)CN1CCN(c2ccncc2Cl)CC1. The molecule has 1 aromatic heterocycles. The smallest absolute Gasteiger partial charge is 0.222 e. The van der Waals surface area contributed by atoms with E-state index in [1.165, 1.54) is 0 Å². The van der Waals surface area contributed by atoms with Gasteiger partial charge in [-0.1, -0.05) is 11.6 Å². The zero-order valence-corrected chi connectivity index (χ0v) is 14.0. The molecule has 0 aliphatic carbocycles. The van der Waals surface area contributed by atoms with Crippen LogP contribution in [0.2, 0.25) is 5.02 Å². The molecule has 1 amide bonds. The lowest BCUT2D eigenvalue weighted by molar-refractivity contribution is -0.129. The Morgan fingerprint density at radius 2 is 2.00 bits per heavy atom. The molecule has 1 unspecified atom stereocenters. The first-order valence-corrected chi connectivity index (χ1v) is 8.54. The first-order valence-electron chi connectivity index (χ1n) is 8.16. The van der Waals surface area contributed by atoms with Crippen molar-refractivity contribution in [1.82, 2.24) is 14.8 Å². The van der Waals surface area contributed by atoms with Crippen LogP contribution in [0.1, 0.15) is 12.8 Å². The number of piperazine rings is 1. The van der Waals surface area contributed by atoms with Gasteiger partial charge >= 0.3 is 0 Å². The molecular weight excluding hydrogens is 316 g/mol. The second-order valence-corrected chi connectivity index (χ2v) is 6.62. The zero-order valence-electron chi connectivity index (χ0n) is 13.2. The second kappa shape index (κ2) is 7.47. The van der Waals surface area contributed by atoms with Gasteiger partial charge in [0.2, 0.25) is 5.91 Å². The number of carbonyl (C=O) groups is 1. The Labute approximate surface area is 141 Å². The second-order valence-electron chi connectivity index (χ2n) is 6.21. The van der Waals surface area contributed by atoms with E-state index in [0.717, 1.165) is 44.8 Å². The molecule has 2 fully saturated rings. The highest BCUT2D eigenvalue weighted by molar-refractivity contribution is 6.33. The molecule has 2 aliphatic heterocycles. The minimum absolute atomic E-state index is 0.168. The highest BCUT2D eigenvalue weighted by Crippen LogP contribution is 2.25. The molecule has 1 atom stereocenters. The highest BCUT2D eigenvalue weighted by atomic mass is 35.5. The van der Waals surface area contributed by atoms with E-state index >= 15 is 0 Å². The molecule has 1 aromatic rings. The molecule has 2 saturated heterocycles. The van der Waals surface area contributed by atoms with E-state index in [0.29, 0.717) is 24.5 Å². The summed E-state index contributed by atoms with van der Waals surface area (Å²) >= 11 is 6.19. The molecule has 126 valence electrons. The molecule has 2 aliphatic rings. The normalized spacial score (nSPS) is 21.0. The Kier molecular flexibility index (Phi) is 5.35. The van der Waals surface area contributed by atoms with Gasteiger partial charge in [-0.05, 0) is 12.5 Å². The highest BCUT2D eigenvalue weighted by Gasteiger charge is 2.25. The number of aliphatic hydroxyl groups is 1. The van der Waals surface area contributed by atoms with Crippen LogP contribution in [0.4, 0.5) is 5.69 Å². The number of aromatic nitrogens is 1. The summed E-state index contributed by atoms with van der Waals surface area (Å²) in [5.41, 5.74) is 1.02. The van der Waals surface area contributed by atoms with Crippen molar-refractivity contribution in [1.29, 1.82) is 0 Å². The minimum Gasteiger partial charge on any atom is -0.390 e. The standard InChI is InChI=1S/C16H23ClN4O2/c17-14-10-18-4-3-15(14)20-8-6-19(7-9-20)11-13(22)12-21-5-1-2-16(21)23/h3-4,10,13,22H,1-2,5-9,11-12H2. The molecule has 0 aromatic carbocycles. The number of aliphatic hydroxyl groups excluding tert-OH is 1. The molecule has 1 N–H and O–H groups in total. The van der Waals surface area contributed by atoms with E-state index in [9.17, 15) is 9.90 Å². The number of halogens is 1. The molecule has 3 rings (SSSR count). The van der Waals surface area contributed by atoms with E-state index in [1.807, 2.05) is 6.07 Å². The lowest BCUT2D eigenvalue weighted by atomic mass is 10.2. The van der Waals surface area contributed by atoms with E-state index < -0.39 is 6.10 Å². The van der Waals surface area contributed by atoms with Crippen LogP contribution in [0.5, 0.6) is 0 Å². The van der Waals surface area contributed by atoms with Gasteiger partial charge in [-0.3, -0.25) is 14.7 Å². The van der Waals surface area contributed by atoms with Crippen LogP contribution < -0.4 is 4.90 Å². The van der Waals surface area contributed by atoms with Crippen molar-refractivity contribution in [2.45, 2.75) is 18.9 Å². The summed E-state index contributed by atoms with van der Waals surface area (Å²) in [5, 5.41) is 10.9. The number of nitrogens with zero attached hydrogens (tertiary/aromatic N) is 4. The Balaban J connectivity index is 1.45. The summed E-state index contributed by atoms with van der Waals surface area (Å²) in [6, 6.07) is 1.94. The number of likely N-dealkylation sites (tertiary alicyclic amines) is 1. The summed E-state index contributed by atoms with van der Waals surface area (Å²) in [5.74, 6) is 0.168. The largest absolute Gasteiger partial charge is 0.390 e. The number of amides is 1. The quantitative estimate of drug-likeness (QED) is 0.862. The Morgan fingerprint density at radius 3 is 2.65 bits per heavy atom. The summed E-state index contributed by atoms with van der Waals surface area (Å²) in [7, 11) is 0. The van der Waals surface area contributed by atoms with Gasteiger partial charge < -0.3 is 14.9 Å². The number of hydrogen-bond acceptors (Lipinski definition) is 5. The summed E-state index contributed by atoms with van der Waals surface area (Å²) in [6.07, 6.45) is 4.48. The van der Waals surface area contributed by atoms with Crippen LogP contribution in [-0.2, 0) is 4.79 Å². The van der Waals surface area contributed by atoms with Crippen molar-refractivity contribution < 1.29 is 9.90 Å². The van der Waals surface area contributed by atoms with Gasteiger partial charge in [-0.2, -0.15) is 0 Å². The van der Waals surface area contributed by atoms with Crippen molar-refractivity contribution in [3.63, 3.8) is 0 Å². The molecule has 0 bridgehead atoms. The number of hydrogen-bond donors (Lipinski definition) is 1. The maximum Gasteiger partial charge on any atom is 0.222 e. The third-order valence-electron chi connectivity index (χ3n) is 4.54. The summed E-state index contributed by atoms with van der Waals surface area (Å²) in [4.78, 5) is 21.9. The third kappa shape index (κ3) is 4.13. The van der Waals surface area contributed by atoms with Crippen molar-refractivity contribution in [3.8, 4) is 0 Å². The van der Waals surface area contributed by atoms with Gasteiger partial charge in [0.25, 0.3) is 0 Å².